The normalized spacial score (nSPS) is 12.1. The van der Waals surface area contributed by atoms with Crippen molar-refractivity contribution >= 4 is 17.3 Å². The summed E-state index contributed by atoms with van der Waals surface area (Å²) in [6.07, 6.45) is -0.918. The van der Waals surface area contributed by atoms with E-state index in [-0.39, 0.29) is 24.7 Å². The molecule has 1 aromatic heterocycles. The number of nitrogens with one attached hydrogen (secondary N) is 1. The van der Waals surface area contributed by atoms with Crippen LogP contribution in [-0.2, 0) is 0 Å². The molecule has 5 N–H and O–H groups in total. The zero-order chi connectivity index (χ0) is 12.1. The van der Waals surface area contributed by atoms with Gasteiger partial charge in [-0.15, -0.1) is 0 Å². The lowest BCUT2D eigenvalue weighted by Gasteiger charge is -2.09. The molecule has 1 rings (SSSR count). The zero-order valence-corrected chi connectivity index (χ0v) is 8.33. The van der Waals surface area contributed by atoms with E-state index in [2.05, 4.69) is 10.3 Å². The Hall–Kier alpha value is -1.93. The molecule has 0 aliphatic carbocycles. The average Bonchev–Trinajstić information content (AvgIpc) is 2.25. The van der Waals surface area contributed by atoms with Crippen LogP contribution in [0, 0.1) is 10.1 Å². The van der Waals surface area contributed by atoms with Crippen molar-refractivity contribution in [1.29, 1.82) is 0 Å². The van der Waals surface area contributed by atoms with Crippen LogP contribution in [0.1, 0.15) is 0 Å². The first-order valence-corrected chi connectivity index (χ1v) is 4.48. The largest absolute Gasteiger partial charge is 0.394 e. The average molecular weight is 228 g/mol. The van der Waals surface area contributed by atoms with Gasteiger partial charge in [0, 0.05) is 12.6 Å². The number of pyridine rings is 1. The highest BCUT2D eigenvalue weighted by molar-refractivity contribution is 5.57. The molecule has 8 nitrogen and oxygen atoms in total. The zero-order valence-electron chi connectivity index (χ0n) is 8.33. The Labute approximate surface area is 90.9 Å². The molecule has 16 heavy (non-hydrogen) atoms. The fraction of sp³-hybridized carbons (Fsp3) is 0.375. The molecule has 0 amide bonds. The van der Waals surface area contributed by atoms with Gasteiger partial charge in [0.25, 0.3) is 0 Å². The van der Waals surface area contributed by atoms with Crippen LogP contribution < -0.4 is 11.1 Å². The summed E-state index contributed by atoms with van der Waals surface area (Å²) in [7, 11) is 0. The van der Waals surface area contributed by atoms with E-state index < -0.39 is 11.0 Å². The summed E-state index contributed by atoms with van der Waals surface area (Å²) < 4.78 is 0. The van der Waals surface area contributed by atoms with E-state index in [9.17, 15) is 10.1 Å². The first-order chi connectivity index (χ1) is 7.54. The van der Waals surface area contributed by atoms with Crippen LogP contribution in [0.5, 0.6) is 0 Å². The van der Waals surface area contributed by atoms with Gasteiger partial charge in [-0.25, -0.2) is 4.98 Å². The molecule has 0 aliphatic heterocycles. The monoisotopic (exact) mass is 228 g/mol. The van der Waals surface area contributed by atoms with E-state index in [0.29, 0.717) is 5.82 Å². The third-order valence-electron chi connectivity index (χ3n) is 1.83. The summed E-state index contributed by atoms with van der Waals surface area (Å²) >= 11 is 0. The van der Waals surface area contributed by atoms with Gasteiger partial charge in [-0.3, -0.25) is 10.1 Å². The maximum atomic E-state index is 10.4. The number of nitrogens with two attached hydrogens (primary N) is 1. The van der Waals surface area contributed by atoms with Crippen molar-refractivity contribution in [3.05, 3.63) is 22.2 Å². The predicted octanol–water partition coefficient (Wildman–Crippen LogP) is -0.663. The first kappa shape index (κ1) is 12.1. The molecule has 0 aromatic carbocycles. The van der Waals surface area contributed by atoms with Crippen molar-refractivity contribution in [2.45, 2.75) is 6.10 Å². The van der Waals surface area contributed by atoms with Gasteiger partial charge in [0.15, 0.2) is 0 Å². The second kappa shape index (κ2) is 5.24. The summed E-state index contributed by atoms with van der Waals surface area (Å²) in [6, 6.07) is 2.59. The molecule has 1 heterocycles. The molecule has 0 radical (unpaired) electrons. The van der Waals surface area contributed by atoms with E-state index >= 15 is 0 Å². The fourth-order valence-electron chi connectivity index (χ4n) is 1.01. The van der Waals surface area contributed by atoms with Crippen LogP contribution in [0.3, 0.4) is 0 Å². The Balaban J connectivity index is 2.70. The molecule has 0 aliphatic rings. The predicted molar refractivity (Wildman–Crippen MR) is 56.9 cm³/mol. The van der Waals surface area contributed by atoms with Gasteiger partial charge >= 0.3 is 5.69 Å². The van der Waals surface area contributed by atoms with E-state index in [1.807, 2.05) is 0 Å². The highest BCUT2D eigenvalue weighted by Crippen LogP contribution is 2.20. The molecular formula is C8H12N4O4. The van der Waals surface area contributed by atoms with Gasteiger partial charge in [-0.2, -0.15) is 0 Å². The van der Waals surface area contributed by atoms with Crippen LogP contribution in [0.15, 0.2) is 12.1 Å². The Morgan fingerprint density at radius 1 is 1.62 bits per heavy atom. The summed E-state index contributed by atoms with van der Waals surface area (Å²) in [5.74, 6) is 0.101. The van der Waals surface area contributed by atoms with E-state index in [4.69, 9.17) is 15.9 Å². The first-order valence-electron chi connectivity index (χ1n) is 4.48. The van der Waals surface area contributed by atoms with Gasteiger partial charge < -0.3 is 21.3 Å². The van der Waals surface area contributed by atoms with Gasteiger partial charge in [0.05, 0.1) is 17.6 Å². The number of hydrogen-bond acceptors (Lipinski definition) is 7. The number of aliphatic hydroxyl groups excluding tert-OH is 2. The fourth-order valence-corrected chi connectivity index (χ4v) is 1.01. The number of aliphatic hydroxyl groups is 2. The summed E-state index contributed by atoms with van der Waals surface area (Å²) in [4.78, 5) is 13.5. The standard InChI is InChI=1S/C8H12N4O4/c9-8-6(12(15)16)1-2-7(11-8)10-3-5(14)4-13/h1-2,5,13-14H,3-4H2,(H3,9,10,11). The van der Waals surface area contributed by atoms with Crippen molar-refractivity contribution in [2.24, 2.45) is 0 Å². The summed E-state index contributed by atoms with van der Waals surface area (Å²) in [5.41, 5.74) is 5.09. The maximum absolute atomic E-state index is 10.4. The highest BCUT2D eigenvalue weighted by atomic mass is 16.6. The third kappa shape index (κ3) is 3.04. The van der Waals surface area contributed by atoms with Crippen LogP contribution in [0.25, 0.3) is 0 Å². The lowest BCUT2D eigenvalue weighted by molar-refractivity contribution is -0.384. The lowest BCUT2D eigenvalue weighted by atomic mass is 10.3. The molecule has 1 aromatic rings. The SMILES string of the molecule is Nc1nc(NCC(O)CO)ccc1[N+](=O)[O-]. The van der Waals surface area contributed by atoms with E-state index in [0.717, 1.165) is 0 Å². The number of anilines is 2. The lowest BCUT2D eigenvalue weighted by Crippen LogP contribution is -2.23. The summed E-state index contributed by atoms with van der Waals surface area (Å²) in [6.45, 7) is -0.295. The molecule has 1 unspecified atom stereocenters. The van der Waals surface area contributed by atoms with Crippen molar-refractivity contribution in [1.82, 2.24) is 4.98 Å². The van der Waals surface area contributed by atoms with Crippen molar-refractivity contribution < 1.29 is 15.1 Å². The van der Waals surface area contributed by atoms with Gasteiger partial charge in [0.1, 0.15) is 5.82 Å². The molecule has 0 fully saturated rings. The smallest absolute Gasteiger partial charge is 0.311 e. The van der Waals surface area contributed by atoms with E-state index in [1.165, 1.54) is 12.1 Å². The van der Waals surface area contributed by atoms with Gasteiger partial charge in [-0.05, 0) is 6.07 Å². The number of nitrogen functional groups attached to an aromatic ring is 1. The minimum absolute atomic E-state index is 0.0841. The minimum Gasteiger partial charge on any atom is -0.394 e. The third-order valence-corrected chi connectivity index (χ3v) is 1.83. The molecular weight excluding hydrogens is 216 g/mol. The molecule has 8 heteroatoms. The molecule has 1 atom stereocenters. The number of rotatable bonds is 5. The Bertz CT molecular complexity index is 384. The molecule has 0 saturated heterocycles. The van der Waals surface area contributed by atoms with Crippen molar-refractivity contribution in [3.8, 4) is 0 Å². The Kier molecular flexibility index (Phi) is 3.97. The molecule has 0 saturated carbocycles. The van der Waals surface area contributed by atoms with Crippen LogP contribution in [0.4, 0.5) is 17.3 Å². The van der Waals surface area contributed by atoms with Crippen molar-refractivity contribution in [2.75, 3.05) is 24.2 Å². The summed E-state index contributed by atoms with van der Waals surface area (Å²) in [5, 5.41) is 30.7. The quantitative estimate of drug-likeness (QED) is 0.388. The maximum Gasteiger partial charge on any atom is 0.311 e. The van der Waals surface area contributed by atoms with Crippen LogP contribution >= 0.6 is 0 Å². The Morgan fingerprint density at radius 3 is 2.81 bits per heavy atom. The number of nitro groups is 1. The highest BCUT2D eigenvalue weighted by Gasteiger charge is 2.12. The topological polar surface area (TPSA) is 135 Å². The molecule has 0 bridgehead atoms. The van der Waals surface area contributed by atoms with Crippen LogP contribution in [0.2, 0.25) is 0 Å². The minimum atomic E-state index is -0.918. The van der Waals surface area contributed by atoms with Gasteiger partial charge in [0.2, 0.25) is 5.82 Å². The molecule has 88 valence electrons. The van der Waals surface area contributed by atoms with Gasteiger partial charge in [-0.1, -0.05) is 0 Å². The van der Waals surface area contributed by atoms with Crippen LogP contribution in [-0.4, -0.2) is 39.4 Å². The Morgan fingerprint density at radius 2 is 2.31 bits per heavy atom. The second-order valence-electron chi connectivity index (χ2n) is 3.08. The van der Waals surface area contributed by atoms with Crippen molar-refractivity contribution in [3.63, 3.8) is 0 Å². The number of hydrogen-bond donors (Lipinski definition) is 4. The number of aromatic nitrogens is 1. The number of nitrogens with zero attached hydrogens (tertiary/aromatic N) is 2. The second-order valence-corrected chi connectivity index (χ2v) is 3.08. The van der Waals surface area contributed by atoms with E-state index in [1.54, 1.807) is 0 Å². The molecule has 0 spiro atoms.